The highest BCUT2D eigenvalue weighted by atomic mass is 16.5. The van der Waals surface area contributed by atoms with E-state index in [-0.39, 0.29) is 0 Å². The fourth-order valence-corrected chi connectivity index (χ4v) is 0.228. The minimum absolute atomic E-state index is 0.606. The van der Waals surface area contributed by atoms with Crippen molar-refractivity contribution in [1.82, 2.24) is 5.10 Å². The molecule has 0 fully saturated rings. The van der Waals surface area contributed by atoms with Crippen molar-refractivity contribution < 1.29 is 4.74 Å². The van der Waals surface area contributed by atoms with Crippen LogP contribution in [-0.4, -0.2) is 12.3 Å². The highest BCUT2D eigenvalue weighted by molar-refractivity contribution is 5.82. The topological polar surface area (TPSA) is 35.7 Å². The lowest BCUT2D eigenvalue weighted by molar-refractivity contribution is 0.581. The maximum absolute atomic E-state index is 4.61. The van der Waals surface area contributed by atoms with E-state index in [2.05, 4.69) is 14.9 Å². The summed E-state index contributed by atoms with van der Waals surface area (Å²) < 4.78 is 4.61. The summed E-state index contributed by atoms with van der Waals surface area (Å²) in [4.78, 5) is 0. The molecule has 1 heterocycles. The van der Waals surface area contributed by atoms with Gasteiger partial charge in [0.25, 0.3) is 5.90 Å². The number of nitrogens with zero attached hydrogens (tertiary/aromatic N) is 2. The molecule has 3 nitrogen and oxygen atoms in total. The zero-order chi connectivity index (χ0) is 4.41. The van der Waals surface area contributed by atoms with Crippen molar-refractivity contribution in [2.24, 2.45) is 5.10 Å². The zero-order valence-corrected chi connectivity index (χ0v) is 3.38. The van der Waals surface area contributed by atoms with Crippen LogP contribution in [0.25, 0.3) is 0 Å². The van der Waals surface area contributed by atoms with E-state index in [1.54, 1.807) is 6.92 Å². The van der Waals surface area contributed by atoms with Gasteiger partial charge >= 0.3 is 6.40 Å². The standard InChI is InChI=1S/C3H4N2O/c1-3-5-4-2-6-3/h2H,1H3/q+1. The van der Waals surface area contributed by atoms with Gasteiger partial charge in [-0.15, -0.1) is 0 Å². The van der Waals surface area contributed by atoms with Crippen LogP contribution in [0.5, 0.6) is 0 Å². The molecule has 1 aliphatic rings. The predicted octanol–water partition coefficient (Wildman–Crippen LogP) is -0.286. The van der Waals surface area contributed by atoms with Gasteiger partial charge in [-0.1, -0.05) is 0 Å². The van der Waals surface area contributed by atoms with E-state index in [0.29, 0.717) is 5.90 Å². The van der Waals surface area contributed by atoms with Crippen LogP contribution in [0.15, 0.2) is 5.10 Å². The average molecular weight is 84.1 g/mol. The van der Waals surface area contributed by atoms with E-state index in [1.807, 2.05) is 0 Å². The van der Waals surface area contributed by atoms with Crippen molar-refractivity contribution in [3.63, 3.8) is 0 Å². The third-order valence-corrected chi connectivity index (χ3v) is 0.469. The van der Waals surface area contributed by atoms with E-state index in [9.17, 15) is 0 Å². The normalized spacial score (nSPS) is 17.2. The van der Waals surface area contributed by atoms with Gasteiger partial charge in [0.15, 0.2) is 0 Å². The molecule has 0 amide bonds. The fourth-order valence-electron chi connectivity index (χ4n) is 0.228. The first-order valence-corrected chi connectivity index (χ1v) is 1.62. The molecule has 0 aromatic rings. The van der Waals surface area contributed by atoms with Gasteiger partial charge in [0, 0.05) is 6.92 Å². The van der Waals surface area contributed by atoms with Crippen molar-refractivity contribution >= 4 is 12.3 Å². The Morgan fingerprint density at radius 2 is 2.83 bits per heavy atom. The van der Waals surface area contributed by atoms with Crippen molar-refractivity contribution in [2.45, 2.75) is 6.92 Å². The van der Waals surface area contributed by atoms with Gasteiger partial charge in [0.05, 0.1) is 0 Å². The molecule has 0 aromatic carbocycles. The number of hydrogen-bond acceptors (Lipinski definition) is 3. The molecule has 31 valence electrons. The molecule has 6 heavy (non-hydrogen) atoms. The Hall–Kier alpha value is -0.860. The van der Waals surface area contributed by atoms with Gasteiger partial charge in [-0.3, -0.25) is 0 Å². The van der Waals surface area contributed by atoms with Crippen molar-refractivity contribution in [1.29, 1.82) is 0 Å². The molecule has 0 atom stereocenters. The maximum atomic E-state index is 4.61. The minimum atomic E-state index is 0.606. The molecule has 0 unspecified atom stereocenters. The largest absolute Gasteiger partial charge is 0.441 e. The summed E-state index contributed by atoms with van der Waals surface area (Å²) in [6, 6.07) is 0. The van der Waals surface area contributed by atoms with Crippen LogP contribution < -0.4 is 5.10 Å². The van der Waals surface area contributed by atoms with Crippen LogP contribution in [-0.2, 0) is 4.74 Å². The quantitative estimate of drug-likeness (QED) is 0.397. The Balaban J connectivity index is 2.61. The fraction of sp³-hybridized carbons (Fsp3) is 0.333. The smallest absolute Gasteiger partial charge is 0.383 e. The Labute approximate surface area is 35.3 Å². The summed E-state index contributed by atoms with van der Waals surface area (Å²) in [6.07, 6.45) is 1.30. The van der Waals surface area contributed by atoms with Crippen LogP contribution in [0, 0.1) is 0 Å². The summed E-state index contributed by atoms with van der Waals surface area (Å²) in [6.45, 7) is 1.74. The lowest BCUT2D eigenvalue weighted by Gasteiger charge is -1.72. The molecule has 1 radical (unpaired) electrons. The second kappa shape index (κ2) is 1.08. The number of hydrogen-bond donors (Lipinski definition) is 0. The third kappa shape index (κ3) is 0.381. The monoisotopic (exact) mass is 84.0 g/mol. The van der Waals surface area contributed by atoms with Gasteiger partial charge in [0.1, 0.15) is 5.10 Å². The molecule has 0 spiro atoms. The van der Waals surface area contributed by atoms with Gasteiger partial charge in [-0.25, -0.2) is 0 Å². The van der Waals surface area contributed by atoms with E-state index in [0.717, 1.165) is 0 Å². The van der Waals surface area contributed by atoms with Gasteiger partial charge < -0.3 is 4.74 Å². The molecule has 0 saturated carbocycles. The van der Waals surface area contributed by atoms with Crippen molar-refractivity contribution in [2.75, 3.05) is 0 Å². The predicted molar refractivity (Wildman–Crippen MR) is 22.4 cm³/mol. The van der Waals surface area contributed by atoms with Gasteiger partial charge in [-0.05, 0) is 0 Å². The molecular formula is C3H4N2O+. The Kier molecular flexibility index (Phi) is 0.602. The van der Waals surface area contributed by atoms with Crippen molar-refractivity contribution in [3.8, 4) is 0 Å². The molecule has 0 bridgehead atoms. The summed E-state index contributed by atoms with van der Waals surface area (Å²) >= 11 is 0. The van der Waals surface area contributed by atoms with Gasteiger partial charge in [0.2, 0.25) is 5.10 Å². The highest BCUT2D eigenvalue weighted by Crippen LogP contribution is 1.77. The second-order valence-corrected chi connectivity index (χ2v) is 0.958. The van der Waals surface area contributed by atoms with Crippen LogP contribution in [0.1, 0.15) is 6.92 Å². The molecule has 0 aliphatic carbocycles. The van der Waals surface area contributed by atoms with E-state index in [1.165, 1.54) is 6.40 Å². The molecule has 1 aliphatic heterocycles. The lowest BCUT2D eigenvalue weighted by Crippen LogP contribution is -1.87. The van der Waals surface area contributed by atoms with Crippen LogP contribution >= 0.6 is 0 Å². The number of ether oxygens (including phenoxy) is 1. The van der Waals surface area contributed by atoms with E-state index in [4.69, 9.17) is 0 Å². The molecule has 1 rings (SSSR count). The zero-order valence-electron chi connectivity index (χ0n) is 3.38. The Morgan fingerprint density at radius 3 is 3.00 bits per heavy atom. The van der Waals surface area contributed by atoms with E-state index >= 15 is 0 Å². The SMILES string of the molecule is CC1=N[N+]=CO1. The van der Waals surface area contributed by atoms with Crippen LogP contribution in [0.3, 0.4) is 0 Å². The Bertz CT molecular complexity index is 105. The van der Waals surface area contributed by atoms with Crippen LogP contribution in [0.4, 0.5) is 0 Å². The lowest BCUT2D eigenvalue weighted by atomic mass is 10.8. The summed E-state index contributed by atoms with van der Waals surface area (Å²) in [5.74, 6) is 0.606. The Morgan fingerprint density at radius 1 is 2.00 bits per heavy atom. The van der Waals surface area contributed by atoms with Gasteiger partial charge in [-0.2, -0.15) is 0 Å². The molecule has 0 aromatic heterocycles. The highest BCUT2D eigenvalue weighted by Gasteiger charge is 2.04. The average Bonchev–Trinajstić information content (AvgIpc) is 1.86. The number of rotatable bonds is 0. The summed E-state index contributed by atoms with van der Waals surface area (Å²) in [5, 5.41) is 6.91. The molecule has 0 N–H and O–H groups in total. The maximum Gasteiger partial charge on any atom is 0.441 e. The third-order valence-electron chi connectivity index (χ3n) is 0.469. The first-order chi connectivity index (χ1) is 2.89. The molecule has 3 heteroatoms. The first-order valence-electron chi connectivity index (χ1n) is 1.62. The van der Waals surface area contributed by atoms with Crippen LogP contribution in [0.2, 0.25) is 0 Å². The molecule has 0 saturated heterocycles. The van der Waals surface area contributed by atoms with Crippen molar-refractivity contribution in [3.05, 3.63) is 0 Å². The molecular weight excluding hydrogens is 80.0 g/mol. The minimum Gasteiger partial charge on any atom is -0.383 e. The second-order valence-electron chi connectivity index (χ2n) is 0.958. The summed E-state index contributed by atoms with van der Waals surface area (Å²) in [7, 11) is 0. The summed E-state index contributed by atoms with van der Waals surface area (Å²) in [5.41, 5.74) is 0. The first kappa shape index (κ1) is 3.33. The van der Waals surface area contributed by atoms with E-state index < -0.39 is 0 Å².